The molecule has 0 aromatic carbocycles. The molecule has 2 unspecified atom stereocenters. The van der Waals surface area contributed by atoms with Gasteiger partial charge in [0.15, 0.2) is 0 Å². The zero-order chi connectivity index (χ0) is 16.3. The molecule has 23 heavy (non-hydrogen) atoms. The van der Waals surface area contributed by atoms with Crippen molar-refractivity contribution in [1.82, 2.24) is 0 Å². The van der Waals surface area contributed by atoms with Crippen LogP contribution in [-0.2, 0) is 0 Å². The highest BCUT2D eigenvalue weighted by molar-refractivity contribution is 14.1. The molecule has 0 aromatic rings. The van der Waals surface area contributed by atoms with Crippen molar-refractivity contribution in [2.45, 2.75) is 83.7 Å². The van der Waals surface area contributed by atoms with Crippen LogP contribution in [0.1, 0.15) is 78.1 Å². The van der Waals surface area contributed by atoms with E-state index < -0.39 is 5.60 Å². The predicted molar refractivity (Wildman–Crippen MR) is 103 cm³/mol. The Morgan fingerprint density at radius 2 is 1.70 bits per heavy atom. The lowest BCUT2D eigenvalue weighted by Crippen LogP contribution is -2.55. The summed E-state index contributed by atoms with van der Waals surface area (Å²) in [6.07, 6.45) is 13.3. The smallest absolute Gasteiger partial charge is 0.131 e. The first-order valence-electron chi connectivity index (χ1n) is 9.80. The molecular weight excluding hydrogens is 395 g/mol. The fourth-order valence-corrected chi connectivity index (χ4v) is 8.04. The maximum Gasteiger partial charge on any atom is 0.131 e. The average Bonchev–Trinajstić information content (AvgIpc) is 2.79. The Morgan fingerprint density at radius 3 is 2.48 bits per heavy atom. The molecule has 4 rings (SSSR count). The van der Waals surface area contributed by atoms with Gasteiger partial charge in [-0.3, -0.25) is 0 Å². The second-order valence-corrected chi connectivity index (χ2v) is 10.0. The van der Waals surface area contributed by atoms with Crippen LogP contribution >= 0.6 is 22.6 Å². The van der Waals surface area contributed by atoms with Crippen LogP contribution < -0.4 is 0 Å². The van der Waals surface area contributed by atoms with E-state index in [1.807, 2.05) is 0 Å². The van der Waals surface area contributed by atoms with E-state index in [9.17, 15) is 5.11 Å². The van der Waals surface area contributed by atoms with E-state index in [1.54, 1.807) is 0 Å². The number of fused-ring (bicyclic) bond motifs is 5. The van der Waals surface area contributed by atoms with Crippen molar-refractivity contribution in [2.24, 2.45) is 34.5 Å². The lowest BCUT2D eigenvalue weighted by Gasteiger charge is -2.60. The Bertz CT molecular complexity index is 548. The highest BCUT2D eigenvalue weighted by Crippen LogP contribution is 2.68. The summed E-state index contributed by atoms with van der Waals surface area (Å²) in [5, 5.41) is 11.3. The lowest BCUT2D eigenvalue weighted by atomic mass is 9.44. The normalized spacial score (nSPS) is 55.1. The van der Waals surface area contributed by atoms with Crippen molar-refractivity contribution in [3.05, 3.63) is 0 Å². The van der Waals surface area contributed by atoms with Crippen LogP contribution in [0.4, 0.5) is 0 Å². The molecule has 0 spiro atoms. The highest BCUT2D eigenvalue weighted by atomic mass is 127. The summed E-state index contributed by atoms with van der Waals surface area (Å²) in [7, 11) is 0. The standard InChI is InChI=1S/C21H31IO/c1-19-10-4-3-5-15(19)6-7-16-17(19)8-11-20(2)18(16)9-12-21(20,23)13-14-22/h15-18,23H,3-12H2,1-2H3/t15?,16-,17-,18+,19+,20+,21?/m1/s1. The quantitative estimate of drug-likeness (QED) is 0.398. The number of aliphatic hydroxyl groups is 1. The summed E-state index contributed by atoms with van der Waals surface area (Å²) in [4.78, 5) is 0. The van der Waals surface area contributed by atoms with E-state index in [4.69, 9.17) is 0 Å². The summed E-state index contributed by atoms with van der Waals surface area (Å²) in [5.41, 5.74) is -0.101. The van der Waals surface area contributed by atoms with E-state index in [1.165, 1.54) is 57.8 Å². The average molecular weight is 426 g/mol. The third-order valence-corrected chi connectivity index (χ3v) is 9.26. The van der Waals surface area contributed by atoms with Gasteiger partial charge in [0.1, 0.15) is 5.60 Å². The summed E-state index contributed by atoms with van der Waals surface area (Å²) in [6.45, 7) is 4.99. The minimum Gasteiger partial charge on any atom is -0.377 e. The molecule has 1 nitrogen and oxygen atoms in total. The lowest BCUT2D eigenvalue weighted by molar-refractivity contribution is -0.134. The molecule has 0 saturated heterocycles. The van der Waals surface area contributed by atoms with Crippen LogP contribution in [0, 0.1) is 44.3 Å². The van der Waals surface area contributed by atoms with Gasteiger partial charge in [-0.25, -0.2) is 0 Å². The molecule has 7 atom stereocenters. The third-order valence-electron chi connectivity index (χ3n) is 8.99. The van der Waals surface area contributed by atoms with Crippen LogP contribution in [0.15, 0.2) is 0 Å². The molecule has 0 amide bonds. The fraction of sp³-hybridized carbons (Fsp3) is 0.905. The third kappa shape index (κ3) is 2.21. The topological polar surface area (TPSA) is 20.2 Å². The second-order valence-electron chi connectivity index (χ2n) is 9.48. The van der Waals surface area contributed by atoms with Gasteiger partial charge in [0.05, 0.1) is 0 Å². The number of rotatable bonds is 0. The highest BCUT2D eigenvalue weighted by Gasteiger charge is 2.64. The molecule has 4 aliphatic rings. The van der Waals surface area contributed by atoms with Gasteiger partial charge in [0, 0.05) is 28.0 Å². The van der Waals surface area contributed by atoms with Gasteiger partial charge in [-0.2, -0.15) is 0 Å². The largest absolute Gasteiger partial charge is 0.377 e. The maximum absolute atomic E-state index is 11.3. The van der Waals surface area contributed by atoms with E-state index in [0.29, 0.717) is 11.3 Å². The molecule has 0 bridgehead atoms. The van der Waals surface area contributed by atoms with Gasteiger partial charge in [-0.05, 0) is 84.4 Å². The number of halogens is 1. The van der Waals surface area contributed by atoms with E-state index in [0.717, 1.165) is 24.2 Å². The van der Waals surface area contributed by atoms with Crippen LogP contribution in [0.2, 0.25) is 0 Å². The van der Waals surface area contributed by atoms with Crippen molar-refractivity contribution < 1.29 is 5.11 Å². The van der Waals surface area contributed by atoms with E-state index >= 15 is 0 Å². The van der Waals surface area contributed by atoms with E-state index in [2.05, 4.69) is 46.3 Å². The molecule has 0 radical (unpaired) electrons. The second kappa shape index (κ2) is 5.63. The van der Waals surface area contributed by atoms with Crippen molar-refractivity contribution in [3.63, 3.8) is 0 Å². The van der Waals surface area contributed by atoms with Gasteiger partial charge in [-0.1, -0.05) is 32.6 Å². The summed E-state index contributed by atoms with van der Waals surface area (Å²) < 4.78 is 3.00. The zero-order valence-corrected chi connectivity index (χ0v) is 16.9. The summed E-state index contributed by atoms with van der Waals surface area (Å²) in [6, 6.07) is 0. The fourth-order valence-electron chi connectivity index (χ4n) is 7.59. The number of hydrogen-bond acceptors (Lipinski definition) is 1. The van der Waals surface area contributed by atoms with Gasteiger partial charge in [0.2, 0.25) is 0 Å². The van der Waals surface area contributed by atoms with Crippen molar-refractivity contribution in [2.75, 3.05) is 0 Å². The molecule has 128 valence electrons. The Labute approximate surface area is 155 Å². The maximum atomic E-state index is 11.3. The van der Waals surface area contributed by atoms with Crippen molar-refractivity contribution >= 4 is 22.6 Å². The molecular formula is C21H31IO. The van der Waals surface area contributed by atoms with Gasteiger partial charge in [0.25, 0.3) is 0 Å². The Hall–Kier alpha value is 0.250. The van der Waals surface area contributed by atoms with Crippen LogP contribution in [0.5, 0.6) is 0 Å². The molecule has 4 fully saturated rings. The van der Waals surface area contributed by atoms with Gasteiger partial charge in [-0.15, -0.1) is 0 Å². The van der Waals surface area contributed by atoms with Crippen LogP contribution in [0.3, 0.4) is 0 Å². The van der Waals surface area contributed by atoms with Crippen molar-refractivity contribution in [3.8, 4) is 9.85 Å². The summed E-state index contributed by atoms with van der Waals surface area (Å²) in [5.74, 6) is 6.65. The minimum absolute atomic E-state index is 0.0319. The Balaban J connectivity index is 1.66. The van der Waals surface area contributed by atoms with E-state index in [-0.39, 0.29) is 5.41 Å². The molecule has 0 aliphatic heterocycles. The predicted octanol–water partition coefficient (Wildman–Crippen LogP) is 5.55. The Morgan fingerprint density at radius 1 is 0.913 bits per heavy atom. The first-order chi connectivity index (χ1) is 10.9. The Kier molecular flexibility index (Phi) is 4.09. The van der Waals surface area contributed by atoms with Gasteiger partial charge < -0.3 is 5.11 Å². The molecule has 1 N–H and O–H groups in total. The SMILES string of the molecule is C[C@]12CCCCC1CC[C@@H]1[C@H]2CC[C@@]2(C)[C@H]1CCC2(O)C#CI. The van der Waals surface area contributed by atoms with Gasteiger partial charge >= 0.3 is 0 Å². The first kappa shape index (κ1) is 16.7. The van der Waals surface area contributed by atoms with Crippen LogP contribution in [-0.4, -0.2) is 10.7 Å². The molecule has 2 heteroatoms. The monoisotopic (exact) mass is 426 g/mol. The van der Waals surface area contributed by atoms with Crippen molar-refractivity contribution in [1.29, 1.82) is 0 Å². The molecule has 4 aliphatic carbocycles. The molecule has 0 heterocycles. The molecule has 0 aromatic heterocycles. The first-order valence-corrected chi connectivity index (χ1v) is 10.9. The summed E-state index contributed by atoms with van der Waals surface area (Å²) >= 11 is 2.10. The minimum atomic E-state index is -0.728. The molecule has 4 saturated carbocycles. The number of hydrogen-bond donors (Lipinski definition) is 1. The zero-order valence-electron chi connectivity index (χ0n) is 14.7. The van der Waals surface area contributed by atoms with Crippen LogP contribution in [0.25, 0.3) is 0 Å².